The summed E-state index contributed by atoms with van der Waals surface area (Å²) in [6.07, 6.45) is -1.48. The van der Waals surface area contributed by atoms with E-state index < -0.39 is 58.1 Å². The van der Waals surface area contributed by atoms with Crippen LogP contribution in [-0.4, -0.2) is 33.9 Å². The molecule has 0 bridgehead atoms. The first-order valence-electron chi connectivity index (χ1n) is 8.79. The summed E-state index contributed by atoms with van der Waals surface area (Å²) in [5.74, 6) is -7.76. The average molecular weight is 399 g/mol. The first-order valence-corrected chi connectivity index (χ1v) is 8.79. The fourth-order valence-electron chi connectivity index (χ4n) is 4.01. The molecule has 0 amide bonds. The maximum atomic E-state index is 14.6. The summed E-state index contributed by atoms with van der Waals surface area (Å²) < 4.78 is 43.0. The Bertz CT molecular complexity index is 850. The molecular weight excluding hydrogens is 375 g/mol. The van der Waals surface area contributed by atoms with Crippen molar-refractivity contribution < 1.29 is 33.0 Å². The van der Waals surface area contributed by atoms with Gasteiger partial charge in [-0.25, -0.2) is 18.0 Å². The second-order valence-electron chi connectivity index (χ2n) is 7.97. The lowest BCUT2D eigenvalue weighted by Crippen LogP contribution is -2.66. The van der Waals surface area contributed by atoms with E-state index in [9.17, 15) is 33.0 Å². The molecule has 1 aromatic rings. The van der Waals surface area contributed by atoms with E-state index in [0.717, 1.165) is 18.2 Å². The number of carboxylic acids is 2. The van der Waals surface area contributed by atoms with Crippen molar-refractivity contribution in [2.75, 3.05) is 0 Å². The van der Waals surface area contributed by atoms with E-state index in [1.807, 2.05) is 0 Å². The molecule has 0 radical (unpaired) electrons. The van der Waals surface area contributed by atoms with Crippen LogP contribution in [0.15, 0.2) is 29.5 Å². The lowest BCUT2D eigenvalue weighted by molar-refractivity contribution is -0.150. The second kappa shape index (κ2) is 7.14. The molecule has 0 spiro atoms. The molecule has 5 nitrogen and oxygen atoms in total. The SMILES string of the molecule is CC1=C(C(=O)O)C(c2cc(F)ccc2F)C(C(=O)O)C(C)(C(C)(C)C(C)F)N1. The normalized spacial score (nSPS) is 26.6. The van der Waals surface area contributed by atoms with Crippen LogP contribution in [-0.2, 0) is 9.59 Å². The Balaban J connectivity index is 2.90. The van der Waals surface area contributed by atoms with E-state index in [4.69, 9.17) is 0 Å². The average Bonchev–Trinajstić information content (AvgIpc) is 2.55. The molecule has 0 saturated heterocycles. The largest absolute Gasteiger partial charge is 0.481 e. The van der Waals surface area contributed by atoms with Crippen molar-refractivity contribution in [3.05, 3.63) is 46.7 Å². The highest BCUT2D eigenvalue weighted by Gasteiger charge is 2.59. The van der Waals surface area contributed by atoms with Crippen molar-refractivity contribution in [3.63, 3.8) is 0 Å². The van der Waals surface area contributed by atoms with Crippen LogP contribution in [0.1, 0.15) is 46.1 Å². The van der Waals surface area contributed by atoms with Gasteiger partial charge in [0.25, 0.3) is 0 Å². The Hall–Kier alpha value is -2.51. The molecule has 3 N–H and O–H groups in total. The van der Waals surface area contributed by atoms with Gasteiger partial charge in [-0.15, -0.1) is 0 Å². The standard InChI is InChI=1S/C20H24F3NO4/c1-9-14(17(25)26)15(12-8-11(22)6-7-13(12)23)16(18(27)28)20(5,24-9)19(3,4)10(2)21/h6-8,10,15-16,24H,1-5H3,(H,25,26)(H,27,28). The molecule has 0 aromatic heterocycles. The van der Waals surface area contributed by atoms with E-state index in [1.54, 1.807) is 0 Å². The number of aliphatic carboxylic acids is 2. The molecule has 0 fully saturated rings. The summed E-state index contributed by atoms with van der Waals surface area (Å²) in [7, 11) is 0. The van der Waals surface area contributed by atoms with Gasteiger partial charge in [0.1, 0.15) is 17.8 Å². The molecule has 1 aromatic carbocycles. The van der Waals surface area contributed by atoms with Crippen LogP contribution in [0.2, 0.25) is 0 Å². The number of halogens is 3. The van der Waals surface area contributed by atoms with Crippen LogP contribution in [0, 0.1) is 23.0 Å². The Morgan fingerprint density at radius 1 is 1.25 bits per heavy atom. The van der Waals surface area contributed by atoms with Gasteiger partial charge >= 0.3 is 11.9 Å². The Morgan fingerprint density at radius 3 is 2.29 bits per heavy atom. The van der Waals surface area contributed by atoms with Crippen molar-refractivity contribution in [3.8, 4) is 0 Å². The number of rotatable bonds is 5. The molecule has 4 atom stereocenters. The monoisotopic (exact) mass is 399 g/mol. The first-order chi connectivity index (χ1) is 12.8. The maximum Gasteiger partial charge on any atom is 0.333 e. The fourth-order valence-corrected chi connectivity index (χ4v) is 4.01. The molecule has 28 heavy (non-hydrogen) atoms. The molecule has 1 aliphatic rings. The summed E-state index contributed by atoms with van der Waals surface area (Å²) in [6.45, 7) is 7.17. The second-order valence-corrected chi connectivity index (χ2v) is 7.97. The first kappa shape index (κ1) is 21.8. The zero-order valence-electron chi connectivity index (χ0n) is 16.3. The summed E-state index contributed by atoms with van der Waals surface area (Å²) >= 11 is 0. The van der Waals surface area contributed by atoms with E-state index in [0.29, 0.717) is 0 Å². The fraction of sp³-hybridized carbons (Fsp3) is 0.500. The zero-order chi connectivity index (χ0) is 21.6. The smallest absolute Gasteiger partial charge is 0.333 e. The van der Waals surface area contributed by atoms with E-state index in [2.05, 4.69) is 5.32 Å². The third-order valence-electron chi connectivity index (χ3n) is 6.24. The van der Waals surface area contributed by atoms with Gasteiger partial charge in [0.2, 0.25) is 0 Å². The van der Waals surface area contributed by atoms with Gasteiger partial charge in [-0.1, -0.05) is 13.8 Å². The number of hydrogen-bond donors (Lipinski definition) is 3. The van der Waals surface area contributed by atoms with Crippen molar-refractivity contribution in [1.29, 1.82) is 0 Å². The van der Waals surface area contributed by atoms with Crippen molar-refractivity contribution in [2.24, 2.45) is 11.3 Å². The van der Waals surface area contributed by atoms with Gasteiger partial charge in [-0.3, -0.25) is 4.79 Å². The third kappa shape index (κ3) is 3.25. The number of nitrogens with one attached hydrogen (secondary N) is 1. The Morgan fingerprint density at radius 2 is 1.82 bits per heavy atom. The topological polar surface area (TPSA) is 86.6 Å². The van der Waals surface area contributed by atoms with E-state index in [1.165, 1.54) is 34.6 Å². The minimum atomic E-state index is -1.58. The van der Waals surface area contributed by atoms with Crippen LogP contribution >= 0.6 is 0 Å². The van der Waals surface area contributed by atoms with Crippen LogP contribution in [0.25, 0.3) is 0 Å². The van der Waals surface area contributed by atoms with Crippen molar-refractivity contribution in [2.45, 2.75) is 52.2 Å². The van der Waals surface area contributed by atoms with Gasteiger partial charge in [0.15, 0.2) is 0 Å². The molecule has 1 heterocycles. The summed E-state index contributed by atoms with van der Waals surface area (Å²) in [5.41, 5.74) is -3.49. The summed E-state index contributed by atoms with van der Waals surface area (Å²) in [5, 5.41) is 22.6. The zero-order valence-corrected chi connectivity index (χ0v) is 16.3. The number of alkyl halides is 1. The molecule has 0 saturated carbocycles. The van der Waals surface area contributed by atoms with E-state index >= 15 is 0 Å². The maximum absolute atomic E-state index is 14.6. The van der Waals surface area contributed by atoms with E-state index in [-0.39, 0.29) is 11.3 Å². The summed E-state index contributed by atoms with van der Waals surface area (Å²) in [6, 6.07) is 2.48. The van der Waals surface area contributed by atoms with Gasteiger partial charge in [0.05, 0.1) is 17.0 Å². The lowest BCUT2D eigenvalue weighted by Gasteiger charge is -2.54. The molecule has 1 aliphatic heterocycles. The highest BCUT2D eigenvalue weighted by molar-refractivity contribution is 5.92. The predicted molar refractivity (Wildman–Crippen MR) is 96.5 cm³/mol. The number of carboxylic acid groups (broad SMARTS) is 2. The molecule has 154 valence electrons. The molecule has 2 rings (SSSR count). The van der Waals surface area contributed by atoms with Crippen LogP contribution in [0.4, 0.5) is 13.2 Å². The third-order valence-corrected chi connectivity index (χ3v) is 6.24. The van der Waals surface area contributed by atoms with Crippen LogP contribution in [0.5, 0.6) is 0 Å². The summed E-state index contributed by atoms with van der Waals surface area (Å²) in [4.78, 5) is 24.2. The lowest BCUT2D eigenvalue weighted by atomic mass is 9.57. The molecule has 8 heteroatoms. The number of carbonyl (C=O) groups is 2. The quantitative estimate of drug-likeness (QED) is 0.700. The highest BCUT2D eigenvalue weighted by Crippen LogP contribution is 2.52. The van der Waals surface area contributed by atoms with Crippen LogP contribution in [0.3, 0.4) is 0 Å². The molecule has 0 aliphatic carbocycles. The van der Waals surface area contributed by atoms with Crippen LogP contribution < -0.4 is 5.32 Å². The van der Waals surface area contributed by atoms with Gasteiger partial charge in [0, 0.05) is 17.0 Å². The predicted octanol–water partition coefficient (Wildman–Crippen LogP) is 3.85. The molecular formula is C20H24F3NO4. The number of hydrogen-bond acceptors (Lipinski definition) is 3. The minimum Gasteiger partial charge on any atom is -0.481 e. The van der Waals surface area contributed by atoms with Gasteiger partial charge in [-0.2, -0.15) is 0 Å². The highest BCUT2D eigenvalue weighted by atomic mass is 19.1. The number of benzene rings is 1. The van der Waals surface area contributed by atoms with Crippen molar-refractivity contribution >= 4 is 11.9 Å². The van der Waals surface area contributed by atoms with Gasteiger partial charge in [-0.05, 0) is 44.5 Å². The molecule has 4 unspecified atom stereocenters. The van der Waals surface area contributed by atoms with Gasteiger partial charge < -0.3 is 15.5 Å². The minimum absolute atomic E-state index is 0.0786. The van der Waals surface area contributed by atoms with Crippen molar-refractivity contribution in [1.82, 2.24) is 5.32 Å². The Labute approximate surface area is 161 Å². The number of allylic oxidation sites excluding steroid dienone is 1. The Kier molecular flexibility index (Phi) is 5.56.